The van der Waals surface area contributed by atoms with E-state index in [1.807, 2.05) is 43.3 Å². The van der Waals surface area contributed by atoms with Crippen LogP contribution in [0, 0.1) is 20.2 Å². The van der Waals surface area contributed by atoms with Crippen LogP contribution < -0.4 is 0 Å². The number of aryl methyl sites for hydroxylation is 1. The van der Waals surface area contributed by atoms with Crippen molar-refractivity contribution < 1.29 is 9.85 Å². The number of benzene rings is 2. The summed E-state index contributed by atoms with van der Waals surface area (Å²) in [6.07, 6.45) is 2.30. The number of fused-ring (bicyclic) bond motifs is 3. The molecule has 0 aliphatic rings. The van der Waals surface area contributed by atoms with E-state index in [4.69, 9.17) is 0 Å². The van der Waals surface area contributed by atoms with E-state index in [1.165, 1.54) is 0 Å². The Morgan fingerprint density at radius 3 is 1.63 bits per heavy atom. The van der Waals surface area contributed by atoms with Crippen LogP contribution in [0.5, 0.6) is 0 Å². The van der Waals surface area contributed by atoms with E-state index in [9.17, 15) is 20.2 Å². The molecule has 0 radical (unpaired) electrons. The average molecular weight is 508 g/mol. The van der Waals surface area contributed by atoms with Gasteiger partial charge in [-0.05, 0) is 66.0 Å². The molecular weight excluding hydrogens is 494 g/mol. The van der Waals surface area contributed by atoms with Crippen molar-refractivity contribution in [3.63, 3.8) is 0 Å². The van der Waals surface area contributed by atoms with Crippen LogP contribution in [0.25, 0.3) is 21.8 Å². The molecule has 2 aromatic carbocycles. The summed E-state index contributed by atoms with van der Waals surface area (Å²) in [5, 5.41) is 40.1. The summed E-state index contributed by atoms with van der Waals surface area (Å²) in [6, 6.07) is 11.3. The summed E-state index contributed by atoms with van der Waals surface area (Å²) in [5.74, 6) is 0. The van der Waals surface area contributed by atoms with Gasteiger partial charge in [0, 0.05) is 28.4 Å². The molecule has 0 spiro atoms. The smallest absolute Gasteiger partial charge is 0.341 e. The van der Waals surface area contributed by atoms with Crippen LogP contribution in [-0.4, -0.2) is 24.4 Å². The number of azo groups is 2. The fraction of sp³-hybridized carbons (Fsp3) is 0.100. The summed E-state index contributed by atoms with van der Waals surface area (Å²) in [7, 11) is 0. The van der Waals surface area contributed by atoms with E-state index in [0.717, 1.165) is 63.4 Å². The molecule has 5 aromatic rings. The highest BCUT2D eigenvalue weighted by atomic mass is 32.1. The van der Waals surface area contributed by atoms with Gasteiger partial charge >= 0.3 is 10.0 Å². The Morgan fingerprint density at radius 2 is 1.26 bits per heavy atom. The van der Waals surface area contributed by atoms with Gasteiger partial charge in [-0.1, -0.05) is 0 Å². The number of hydrogen-bond donors (Lipinski definition) is 0. The van der Waals surface area contributed by atoms with Crippen LogP contribution >= 0.6 is 22.7 Å². The van der Waals surface area contributed by atoms with Crippen molar-refractivity contribution in [1.82, 2.24) is 14.5 Å². The quantitative estimate of drug-likeness (QED) is 0.126. The first-order valence-corrected chi connectivity index (χ1v) is 11.7. The molecule has 0 bridgehead atoms. The second kappa shape index (κ2) is 9.03. The van der Waals surface area contributed by atoms with Crippen molar-refractivity contribution in [1.29, 1.82) is 0 Å². The molecule has 3 aromatic heterocycles. The van der Waals surface area contributed by atoms with Crippen LogP contribution in [0.4, 0.5) is 31.6 Å². The molecule has 35 heavy (non-hydrogen) atoms. The Morgan fingerprint density at radius 1 is 0.800 bits per heavy atom. The van der Waals surface area contributed by atoms with Crippen molar-refractivity contribution in [3.8, 4) is 0 Å². The largest absolute Gasteiger partial charge is 0.345 e. The first kappa shape index (κ1) is 22.3. The molecule has 5 rings (SSSR count). The van der Waals surface area contributed by atoms with Gasteiger partial charge in [-0.3, -0.25) is 20.2 Å². The summed E-state index contributed by atoms with van der Waals surface area (Å²) in [5.41, 5.74) is 3.12. The van der Waals surface area contributed by atoms with Gasteiger partial charge in [0.2, 0.25) is 10.3 Å². The molecule has 0 amide bonds. The fourth-order valence-corrected chi connectivity index (χ4v) is 4.63. The van der Waals surface area contributed by atoms with Crippen molar-refractivity contribution in [2.45, 2.75) is 13.5 Å². The van der Waals surface area contributed by atoms with E-state index in [1.54, 1.807) is 0 Å². The van der Waals surface area contributed by atoms with Gasteiger partial charge in [-0.25, -0.2) is 9.97 Å². The molecule has 0 atom stereocenters. The van der Waals surface area contributed by atoms with Gasteiger partial charge in [0.25, 0.3) is 0 Å². The van der Waals surface area contributed by atoms with Crippen molar-refractivity contribution >= 4 is 76.1 Å². The predicted molar refractivity (Wildman–Crippen MR) is 131 cm³/mol. The lowest BCUT2D eigenvalue weighted by Gasteiger charge is -2.02. The zero-order valence-electron chi connectivity index (χ0n) is 17.8. The Balaban J connectivity index is 1.51. The summed E-state index contributed by atoms with van der Waals surface area (Å²) >= 11 is 1.69. The van der Waals surface area contributed by atoms with Gasteiger partial charge < -0.3 is 4.57 Å². The van der Waals surface area contributed by atoms with Gasteiger partial charge in [0.05, 0.1) is 21.2 Å². The van der Waals surface area contributed by atoms with Gasteiger partial charge in [0.15, 0.2) is 0 Å². The minimum atomic E-state index is -0.521. The number of nitrogens with zero attached hydrogens (tertiary/aromatic N) is 9. The third kappa shape index (κ3) is 4.36. The van der Waals surface area contributed by atoms with Crippen molar-refractivity contribution in [2.24, 2.45) is 20.5 Å². The Kier molecular flexibility index (Phi) is 5.76. The van der Waals surface area contributed by atoms with Crippen LogP contribution in [0.1, 0.15) is 6.92 Å². The molecule has 0 unspecified atom stereocenters. The summed E-state index contributed by atoms with van der Waals surface area (Å²) in [4.78, 5) is 28.4. The second-order valence-electron chi connectivity index (χ2n) is 7.02. The maximum atomic E-state index is 10.8. The molecule has 3 heterocycles. The molecule has 15 heteroatoms. The Bertz CT molecular complexity index is 1550. The fourth-order valence-electron chi connectivity index (χ4n) is 3.52. The van der Waals surface area contributed by atoms with Gasteiger partial charge in [-0.2, -0.15) is 0 Å². The molecule has 0 saturated heterocycles. The average Bonchev–Trinajstić information content (AvgIpc) is 3.58. The van der Waals surface area contributed by atoms with Crippen LogP contribution in [0.2, 0.25) is 0 Å². The molecule has 174 valence electrons. The van der Waals surface area contributed by atoms with Crippen LogP contribution in [0.15, 0.2) is 69.2 Å². The second-order valence-corrected chi connectivity index (χ2v) is 9.00. The first-order chi connectivity index (χ1) is 16.9. The van der Waals surface area contributed by atoms with Crippen LogP contribution in [0.3, 0.4) is 0 Å². The molecular formula is C20H13N9O4S2. The number of hydrogen-bond acceptors (Lipinski definition) is 12. The van der Waals surface area contributed by atoms with E-state index in [0.29, 0.717) is 11.4 Å². The van der Waals surface area contributed by atoms with E-state index in [2.05, 4.69) is 35.0 Å². The molecule has 0 fully saturated rings. The molecule has 0 aliphatic heterocycles. The minimum absolute atomic E-state index is 0.102. The van der Waals surface area contributed by atoms with E-state index in [-0.39, 0.29) is 20.3 Å². The monoisotopic (exact) mass is 507 g/mol. The molecule has 13 nitrogen and oxygen atoms in total. The van der Waals surface area contributed by atoms with Gasteiger partial charge in [0.1, 0.15) is 12.4 Å². The highest BCUT2D eigenvalue weighted by molar-refractivity contribution is 7.18. The lowest BCUT2D eigenvalue weighted by molar-refractivity contribution is -0.380. The Hall–Kier alpha value is -4.50. The summed E-state index contributed by atoms with van der Waals surface area (Å²) < 4.78 is 2.15. The van der Waals surface area contributed by atoms with Gasteiger partial charge in [-0.15, -0.1) is 20.5 Å². The normalized spacial score (nSPS) is 11.9. The highest BCUT2D eigenvalue weighted by Crippen LogP contribution is 2.36. The zero-order valence-corrected chi connectivity index (χ0v) is 19.4. The predicted octanol–water partition coefficient (Wildman–Crippen LogP) is 7.37. The maximum Gasteiger partial charge on any atom is 0.345 e. The first-order valence-electron chi connectivity index (χ1n) is 10.0. The molecule has 0 N–H and O–H groups in total. The number of rotatable bonds is 7. The number of thiazole rings is 2. The highest BCUT2D eigenvalue weighted by Gasteiger charge is 2.14. The lowest BCUT2D eigenvalue weighted by Crippen LogP contribution is -1.92. The third-order valence-corrected chi connectivity index (χ3v) is 6.64. The standard InChI is InChI=1S/C20H13N9O4S2/c1-2-27-15-5-3-11(23-25-19-21-9-17(34-19)28(30)31)7-13(15)14-8-12(4-6-16(14)27)24-26-20-22-10-18(35-20)29(32)33/h3-10H,2H2,1H3. The molecule has 0 aliphatic carbocycles. The van der Waals surface area contributed by atoms with E-state index < -0.39 is 9.85 Å². The Labute approximate surface area is 203 Å². The minimum Gasteiger partial charge on any atom is -0.341 e. The van der Waals surface area contributed by atoms with Crippen LogP contribution in [-0.2, 0) is 6.54 Å². The van der Waals surface area contributed by atoms with Crippen molar-refractivity contribution in [3.05, 3.63) is 69.0 Å². The zero-order chi connectivity index (χ0) is 24.5. The third-order valence-electron chi connectivity index (χ3n) is 4.97. The molecule has 0 saturated carbocycles. The lowest BCUT2D eigenvalue weighted by atomic mass is 10.1. The topological polar surface area (TPSA) is 166 Å². The summed E-state index contributed by atoms with van der Waals surface area (Å²) in [6.45, 7) is 2.79. The number of nitro groups is 2. The SMILES string of the molecule is CCn1c2ccc(N=Nc3ncc([N+](=O)[O-])s3)cc2c2cc(N=Nc3ncc([N+](=O)[O-])s3)ccc21. The maximum absolute atomic E-state index is 10.8. The van der Waals surface area contributed by atoms with E-state index >= 15 is 0 Å². The van der Waals surface area contributed by atoms with Crippen molar-refractivity contribution in [2.75, 3.05) is 0 Å². The number of aromatic nitrogens is 3.